The number of halogens is 1. The minimum absolute atomic E-state index is 0. The van der Waals surface area contributed by atoms with Crippen LogP contribution in [0.3, 0.4) is 0 Å². The molecule has 1 aliphatic rings. The fraction of sp³-hybridized carbons (Fsp3) is 0.333. The number of anilines is 1. The molecule has 0 saturated carbocycles. The van der Waals surface area contributed by atoms with Crippen LogP contribution in [0.15, 0.2) is 24.3 Å². The fourth-order valence-corrected chi connectivity index (χ4v) is 1.81. The molecule has 18 heavy (non-hydrogen) atoms. The highest BCUT2D eigenvalue weighted by atomic mass is 35.5. The number of hydrogen-bond donors (Lipinski definition) is 2. The Labute approximate surface area is 111 Å². The van der Waals surface area contributed by atoms with E-state index in [1.165, 1.54) is 0 Å². The van der Waals surface area contributed by atoms with Crippen molar-refractivity contribution in [3.8, 4) is 0 Å². The van der Waals surface area contributed by atoms with Gasteiger partial charge in [-0.2, -0.15) is 0 Å². The van der Waals surface area contributed by atoms with Gasteiger partial charge in [-0.05, 0) is 24.1 Å². The van der Waals surface area contributed by atoms with Gasteiger partial charge >= 0.3 is 12.0 Å². The number of aryl methyl sites for hydroxylation is 1. The quantitative estimate of drug-likeness (QED) is 0.874. The molecule has 1 heterocycles. The van der Waals surface area contributed by atoms with Crippen LogP contribution in [0.25, 0.3) is 0 Å². The van der Waals surface area contributed by atoms with Gasteiger partial charge in [-0.1, -0.05) is 12.1 Å². The Bertz CT molecular complexity index is 433. The third-order valence-corrected chi connectivity index (χ3v) is 2.73. The van der Waals surface area contributed by atoms with Gasteiger partial charge in [0.25, 0.3) is 0 Å². The second-order valence-corrected chi connectivity index (χ2v) is 3.94. The van der Waals surface area contributed by atoms with Crippen molar-refractivity contribution < 1.29 is 14.7 Å². The third-order valence-electron chi connectivity index (χ3n) is 2.73. The van der Waals surface area contributed by atoms with E-state index in [1.807, 2.05) is 24.3 Å². The van der Waals surface area contributed by atoms with Crippen LogP contribution in [0.2, 0.25) is 0 Å². The number of benzene rings is 1. The van der Waals surface area contributed by atoms with Gasteiger partial charge in [-0.25, -0.2) is 4.79 Å². The standard InChI is InChI=1S/C12H14N2O3.ClH/c15-11(16)6-3-9-1-4-10(5-2-9)14-8-7-13-12(14)17;/h1-2,4-5H,3,6-8H2,(H,13,17)(H,15,16);1H. The zero-order chi connectivity index (χ0) is 12.3. The summed E-state index contributed by atoms with van der Waals surface area (Å²) in [5.41, 5.74) is 1.81. The van der Waals surface area contributed by atoms with Gasteiger partial charge < -0.3 is 10.4 Å². The minimum Gasteiger partial charge on any atom is -0.481 e. The van der Waals surface area contributed by atoms with Gasteiger partial charge in [0.2, 0.25) is 0 Å². The van der Waals surface area contributed by atoms with E-state index in [4.69, 9.17) is 5.11 Å². The van der Waals surface area contributed by atoms with Crippen LogP contribution >= 0.6 is 12.4 Å². The topological polar surface area (TPSA) is 69.6 Å². The van der Waals surface area contributed by atoms with Gasteiger partial charge in [0.05, 0.1) is 0 Å². The summed E-state index contributed by atoms with van der Waals surface area (Å²) in [5, 5.41) is 11.3. The number of rotatable bonds is 4. The molecule has 98 valence electrons. The zero-order valence-electron chi connectivity index (χ0n) is 9.76. The van der Waals surface area contributed by atoms with Crippen LogP contribution in [0, 0.1) is 0 Å². The van der Waals surface area contributed by atoms with Crippen molar-refractivity contribution in [3.63, 3.8) is 0 Å². The van der Waals surface area contributed by atoms with Gasteiger partial charge in [-0.15, -0.1) is 12.4 Å². The van der Waals surface area contributed by atoms with Crippen LogP contribution in [-0.2, 0) is 11.2 Å². The smallest absolute Gasteiger partial charge is 0.321 e. The Hall–Kier alpha value is -1.75. The molecule has 2 amide bonds. The molecule has 5 nitrogen and oxygen atoms in total. The summed E-state index contributed by atoms with van der Waals surface area (Å²) in [6, 6.07) is 7.35. The van der Waals surface area contributed by atoms with E-state index in [1.54, 1.807) is 4.90 Å². The molecule has 0 bridgehead atoms. The first-order valence-corrected chi connectivity index (χ1v) is 5.53. The van der Waals surface area contributed by atoms with Gasteiger partial charge in [-0.3, -0.25) is 9.69 Å². The molecular weight excluding hydrogens is 256 g/mol. The molecule has 6 heteroatoms. The van der Waals surface area contributed by atoms with Crippen LogP contribution in [0.4, 0.5) is 10.5 Å². The number of urea groups is 1. The number of hydrogen-bond acceptors (Lipinski definition) is 2. The van der Waals surface area contributed by atoms with Crippen molar-refractivity contribution in [2.75, 3.05) is 18.0 Å². The lowest BCUT2D eigenvalue weighted by molar-refractivity contribution is -0.136. The lowest BCUT2D eigenvalue weighted by Gasteiger charge is -2.14. The van der Waals surface area contributed by atoms with Crippen molar-refractivity contribution in [1.82, 2.24) is 5.32 Å². The third kappa shape index (κ3) is 3.37. The SMILES string of the molecule is Cl.O=C(O)CCc1ccc(N2CCNC2=O)cc1. The second-order valence-electron chi connectivity index (χ2n) is 3.94. The average Bonchev–Trinajstić information content (AvgIpc) is 2.73. The molecule has 2 rings (SSSR count). The molecule has 1 aromatic carbocycles. The largest absolute Gasteiger partial charge is 0.481 e. The Morgan fingerprint density at radius 2 is 2.00 bits per heavy atom. The number of carboxylic acid groups (broad SMARTS) is 1. The number of nitrogens with zero attached hydrogens (tertiary/aromatic N) is 1. The Kier molecular flexibility index (Phi) is 4.97. The highest BCUT2D eigenvalue weighted by molar-refractivity contribution is 5.93. The maximum Gasteiger partial charge on any atom is 0.321 e. The van der Waals surface area contributed by atoms with E-state index < -0.39 is 5.97 Å². The number of nitrogens with one attached hydrogen (secondary N) is 1. The fourth-order valence-electron chi connectivity index (χ4n) is 1.81. The number of carboxylic acids is 1. The second kappa shape index (κ2) is 6.26. The predicted molar refractivity (Wildman–Crippen MR) is 70.4 cm³/mol. The highest BCUT2D eigenvalue weighted by Gasteiger charge is 2.20. The number of amides is 2. The minimum atomic E-state index is -0.798. The van der Waals surface area contributed by atoms with Crippen molar-refractivity contribution in [2.24, 2.45) is 0 Å². The summed E-state index contributed by atoms with van der Waals surface area (Å²) in [6.07, 6.45) is 0.644. The molecule has 0 aromatic heterocycles. The lowest BCUT2D eigenvalue weighted by atomic mass is 10.1. The summed E-state index contributed by atoms with van der Waals surface area (Å²) in [4.78, 5) is 23.5. The molecule has 1 fully saturated rings. The summed E-state index contributed by atoms with van der Waals surface area (Å²) < 4.78 is 0. The molecule has 0 radical (unpaired) electrons. The van der Waals surface area contributed by atoms with Crippen LogP contribution in [0.1, 0.15) is 12.0 Å². The molecule has 2 N–H and O–H groups in total. The normalized spacial score (nSPS) is 14.0. The van der Waals surface area contributed by atoms with Crippen molar-refractivity contribution in [2.45, 2.75) is 12.8 Å². The van der Waals surface area contributed by atoms with E-state index in [9.17, 15) is 9.59 Å². The first-order chi connectivity index (χ1) is 8.16. The van der Waals surface area contributed by atoms with Gasteiger partial charge in [0.1, 0.15) is 0 Å². The van der Waals surface area contributed by atoms with Crippen molar-refractivity contribution in [3.05, 3.63) is 29.8 Å². The van der Waals surface area contributed by atoms with Crippen LogP contribution < -0.4 is 10.2 Å². The van der Waals surface area contributed by atoms with Crippen molar-refractivity contribution >= 4 is 30.1 Å². The highest BCUT2D eigenvalue weighted by Crippen LogP contribution is 2.17. The Morgan fingerprint density at radius 1 is 1.33 bits per heavy atom. The molecule has 1 aromatic rings. The Balaban J connectivity index is 0.00000162. The number of carbonyl (C=O) groups excluding carboxylic acids is 1. The molecule has 1 aliphatic heterocycles. The average molecular weight is 271 g/mol. The lowest BCUT2D eigenvalue weighted by Crippen LogP contribution is -2.27. The van der Waals surface area contributed by atoms with E-state index in [0.29, 0.717) is 19.5 Å². The monoisotopic (exact) mass is 270 g/mol. The summed E-state index contributed by atoms with van der Waals surface area (Å²) in [6.45, 7) is 1.34. The Morgan fingerprint density at radius 3 is 2.50 bits per heavy atom. The molecular formula is C12H15ClN2O3. The van der Waals surface area contributed by atoms with E-state index >= 15 is 0 Å². The molecule has 0 aliphatic carbocycles. The first-order valence-electron chi connectivity index (χ1n) is 5.53. The molecule has 1 saturated heterocycles. The maximum atomic E-state index is 11.4. The van der Waals surface area contributed by atoms with E-state index in [-0.39, 0.29) is 24.9 Å². The molecule has 0 atom stereocenters. The first kappa shape index (κ1) is 14.3. The molecule has 0 unspecified atom stereocenters. The molecule has 0 spiro atoms. The predicted octanol–water partition coefficient (Wildman–Crippen LogP) is 1.66. The number of carbonyl (C=O) groups is 2. The van der Waals surface area contributed by atoms with Gasteiger partial charge in [0.15, 0.2) is 0 Å². The number of aliphatic carboxylic acids is 1. The van der Waals surface area contributed by atoms with E-state index in [2.05, 4.69) is 5.32 Å². The summed E-state index contributed by atoms with van der Waals surface area (Å²) in [7, 11) is 0. The maximum absolute atomic E-state index is 11.4. The zero-order valence-corrected chi connectivity index (χ0v) is 10.6. The van der Waals surface area contributed by atoms with Gasteiger partial charge in [0, 0.05) is 25.2 Å². The van der Waals surface area contributed by atoms with Crippen LogP contribution in [-0.4, -0.2) is 30.2 Å². The van der Waals surface area contributed by atoms with E-state index in [0.717, 1.165) is 11.3 Å². The summed E-state index contributed by atoms with van der Waals surface area (Å²) in [5.74, 6) is -0.798. The summed E-state index contributed by atoms with van der Waals surface area (Å²) >= 11 is 0. The van der Waals surface area contributed by atoms with Crippen molar-refractivity contribution in [1.29, 1.82) is 0 Å². The van der Waals surface area contributed by atoms with Crippen LogP contribution in [0.5, 0.6) is 0 Å².